The van der Waals surface area contributed by atoms with Gasteiger partial charge in [-0.3, -0.25) is 29.0 Å². The van der Waals surface area contributed by atoms with E-state index in [-0.39, 0.29) is 6.42 Å². The number of nitrogens with zero attached hydrogens (tertiary/aromatic N) is 2. The van der Waals surface area contributed by atoms with Crippen molar-refractivity contribution < 1.29 is 19.2 Å². The average molecular weight is 416 g/mol. The van der Waals surface area contributed by atoms with Crippen LogP contribution in [0.5, 0.6) is 0 Å². The SMILES string of the molecule is CC(=O)N(C(=O)c1ccccc1)C1=CC=CC(C)(N(C(C)=O)C(=O)c2ccccc2)C1. The minimum absolute atomic E-state index is 0.125. The van der Waals surface area contributed by atoms with E-state index in [1.54, 1.807) is 85.8 Å². The topological polar surface area (TPSA) is 74.8 Å². The first-order valence-corrected chi connectivity index (χ1v) is 9.93. The number of carbonyl (C=O) groups excluding carboxylic acids is 4. The third-order valence-electron chi connectivity index (χ3n) is 5.16. The van der Waals surface area contributed by atoms with Crippen molar-refractivity contribution in [3.63, 3.8) is 0 Å². The molecular weight excluding hydrogens is 392 g/mol. The summed E-state index contributed by atoms with van der Waals surface area (Å²) in [6.45, 7) is 4.38. The van der Waals surface area contributed by atoms with Crippen LogP contribution >= 0.6 is 0 Å². The fraction of sp³-hybridized carbons (Fsp3) is 0.200. The maximum absolute atomic E-state index is 13.2. The third-order valence-corrected chi connectivity index (χ3v) is 5.16. The highest BCUT2D eigenvalue weighted by atomic mass is 16.2. The maximum atomic E-state index is 13.2. The summed E-state index contributed by atoms with van der Waals surface area (Å²) < 4.78 is 0. The lowest BCUT2D eigenvalue weighted by molar-refractivity contribution is -0.129. The second-order valence-corrected chi connectivity index (χ2v) is 7.60. The van der Waals surface area contributed by atoms with E-state index in [1.165, 1.54) is 18.7 Å². The van der Waals surface area contributed by atoms with E-state index in [2.05, 4.69) is 0 Å². The van der Waals surface area contributed by atoms with Crippen LogP contribution in [0.25, 0.3) is 0 Å². The molecule has 3 rings (SSSR count). The van der Waals surface area contributed by atoms with Crippen molar-refractivity contribution in [1.29, 1.82) is 0 Å². The molecule has 6 nitrogen and oxygen atoms in total. The van der Waals surface area contributed by atoms with Gasteiger partial charge >= 0.3 is 0 Å². The molecule has 0 aromatic heterocycles. The summed E-state index contributed by atoms with van der Waals surface area (Å²) in [5.41, 5.74) is 0.123. The standard InChI is InChI=1S/C25H24N2O4/c1-18(28)26(23(30)20-11-6-4-7-12-20)22-15-10-16-25(3,17-22)27(19(2)29)24(31)21-13-8-5-9-14-21/h4-16H,17H2,1-3H3. The molecule has 0 bridgehead atoms. The van der Waals surface area contributed by atoms with Crippen molar-refractivity contribution in [2.45, 2.75) is 32.7 Å². The van der Waals surface area contributed by atoms with Crippen molar-refractivity contribution >= 4 is 23.6 Å². The van der Waals surface area contributed by atoms with Crippen molar-refractivity contribution in [3.05, 3.63) is 95.7 Å². The van der Waals surface area contributed by atoms with Crippen molar-refractivity contribution in [1.82, 2.24) is 9.80 Å². The van der Waals surface area contributed by atoms with Crippen molar-refractivity contribution in [2.24, 2.45) is 0 Å². The van der Waals surface area contributed by atoms with Gasteiger partial charge in [0.15, 0.2) is 0 Å². The molecule has 1 aliphatic carbocycles. The summed E-state index contributed by atoms with van der Waals surface area (Å²) in [4.78, 5) is 53.4. The fourth-order valence-corrected chi connectivity index (χ4v) is 3.79. The average Bonchev–Trinajstić information content (AvgIpc) is 2.74. The Morgan fingerprint density at radius 1 is 0.774 bits per heavy atom. The van der Waals surface area contributed by atoms with Gasteiger partial charge < -0.3 is 0 Å². The monoisotopic (exact) mass is 416 g/mol. The lowest BCUT2D eigenvalue weighted by Crippen LogP contribution is -2.53. The molecule has 0 aliphatic heterocycles. The van der Waals surface area contributed by atoms with Gasteiger partial charge in [-0.15, -0.1) is 0 Å². The highest BCUT2D eigenvalue weighted by molar-refractivity contribution is 6.06. The van der Waals surface area contributed by atoms with Crippen LogP contribution in [-0.2, 0) is 9.59 Å². The number of imide groups is 2. The van der Waals surface area contributed by atoms with E-state index in [4.69, 9.17) is 0 Å². The van der Waals surface area contributed by atoms with E-state index in [9.17, 15) is 19.2 Å². The minimum atomic E-state index is -1.05. The summed E-state index contributed by atoms with van der Waals surface area (Å²) in [7, 11) is 0. The molecule has 158 valence electrons. The third kappa shape index (κ3) is 4.53. The summed E-state index contributed by atoms with van der Waals surface area (Å²) >= 11 is 0. The molecule has 6 heteroatoms. The summed E-state index contributed by atoms with van der Waals surface area (Å²) in [6.07, 6.45) is 5.19. The fourth-order valence-electron chi connectivity index (χ4n) is 3.79. The second-order valence-electron chi connectivity index (χ2n) is 7.60. The number of carbonyl (C=O) groups is 4. The van der Waals surface area contributed by atoms with E-state index in [0.29, 0.717) is 16.8 Å². The zero-order valence-electron chi connectivity index (χ0n) is 17.7. The van der Waals surface area contributed by atoms with Gasteiger partial charge in [-0.05, 0) is 37.3 Å². The lowest BCUT2D eigenvalue weighted by Gasteiger charge is -2.40. The van der Waals surface area contributed by atoms with Gasteiger partial charge in [-0.25, -0.2) is 0 Å². The molecule has 1 aliphatic rings. The van der Waals surface area contributed by atoms with Gasteiger partial charge in [0.25, 0.3) is 11.8 Å². The van der Waals surface area contributed by atoms with Gasteiger partial charge in [0.2, 0.25) is 11.8 Å². The Morgan fingerprint density at radius 2 is 1.29 bits per heavy atom. The first-order chi connectivity index (χ1) is 14.7. The van der Waals surface area contributed by atoms with E-state index < -0.39 is 29.2 Å². The van der Waals surface area contributed by atoms with Crippen LogP contribution in [0.1, 0.15) is 47.9 Å². The maximum Gasteiger partial charge on any atom is 0.264 e. The van der Waals surface area contributed by atoms with Gasteiger partial charge in [0, 0.05) is 37.1 Å². The first kappa shape index (κ1) is 21.9. The van der Waals surface area contributed by atoms with E-state index >= 15 is 0 Å². The number of hydrogen-bond acceptors (Lipinski definition) is 4. The van der Waals surface area contributed by atoms with Gasteiger partial charge in [0.05, 0.1) is 5.54 Å². The van der Waals surface area contributed by atoms with Crippen LogP contribution in [-0.4, -0.2) is 39.0 Å². The number of hydrogen-bond donors (Lipinski definition) is 0. The van der Waals surface area contributed by atoms with Crippen molar-refractivity contribution in [3.8, 4) is 0 Å². The Hall–Kier alpha value is -3.80. The predicted molar refractivity (Wildman–Crippen MR) is 117 cm³/mol. The lowest BCUT2D eigenvalue weighted by atomic mass is 9.87. The molecule has 1 unspecified atom stereocenters. The summed E-state index contributed by atoms with van der Waals surface area (Å²) in [5.74, 6) is -1.77. The van der Waals surface area contributed by atoms with Crippen LogP contribution in [0, 0.1) is 0 Å². The molecular formula is C25H24N2O4. The number of rotatable bonds is 4. The Labute approximate surface area is 181 Å². The van der Waals surface area contributed by atoms with Gasteiger partial charge in [-0.1, -0.05) is 48.6 Å². The Bertz CT molecular complexity index is 1070. The molecule has 2 aromatic carbocycles. The summed E-state index contributed by atoms with van der Waals surface area (Å²) in [5, 5.41) is 0. The van der Waals surface area contributed by atoms with Crippen LogP contribution in [0.2, 0.25) is 0 Å². The molecule has 31 heavy (non-hydrogen) atoms. The van der Waals surface area contributed by atoms with Crippen molar-refractivity contribution in [2.75, 3.05) is 0 Å². The van der Waals surface area contributed by atoms with Crippen LogP contribution < -0.4 is 0 Å². The highest BCUT2D eigenvalue weighted by Crippen LogP contribution is 2.33. The van der Waals surface area contributed by atoms with Crippen LogP contribution in [0.4, 0.5) is 0 Å². The molecule has 0 fully saturated rings. The molecule has 0 spiro atoms. The molecule has 0 N–H and O–H groups in total. The number of amides is 4. The molecule has 0 saturated heterocycles. The second kappa shape index (κ2) is 8.92. The molecule has 0 radical (unpaired) electrons. The quantitative estimate of drug-likeness (QED) is 0.756. The smallest absolute Gasteiger partial charge is 0.264 e. The summed E-state index contributed by atoms with van der Waals surface area (Å²) in [6, 6.07) is 17.0. The number of benzene rings is 2. The highest BCUT2D eigenvalue weighted by Gasteiger charge is 2.40. The molecule has 2 aromatic rings. The minimum Gasteiger partial charge on any atom is -0.275 e. The Kier molecular flexibility index (Phi) is 6.30. The van der Waals surface area contributed by atoms with E-state index in [0.717, 1.165) is 4.90 Å². The molecule has 1 atom stereocenters. The molecule has 0 heterocycles. The zero-order chi connectivity index (χ0) is 22.6. The first-order valence-electron chi connectivity index (χ1n) is 9.93. The molecule has 0 saturated carbocycles. The predicted octanol–water partition coefficient (Wildman–Crippen LogP) is 3.97. The number of allylic oxidation sites excluding steroid dienone is 2. The normalized spacial score (nSPS) is 17.5. The van der Waals surface area contributed by atoms with Crippen LogP contribution in [0.15, 0.2) is 84.6 Å². The van der Waals surface area contributed by atoms with E-state index in [1.807, 2.05) is 0 Å². The Morgan fingerprint density at radius 3 is 1.77 bits per heavy atom. The van der Waals surface area contributed by atoms with Gasteiger partial charge in [-0.2, -0.15) is 0 Å². The van der Waals surface area contributed by atoms with Gasteiger partial charge in [0.1, 0.15) is 0 Å². The van der Waals surface area contributed by atoms with Crippen LogP contribution in [0.3, 0.4) is 0 Å². The molecule has 4 amide bonds. The largest absolute Gasteiger partial charge is 0.275 e. The Balaban J connectivity index is 1.95. The zero-order valence-corrected chi connectivity index (χ0v) is 17.7.